The maximum Gasteiger partial charge on any atom is 0.0407 e. The molecule has 1 fully saturated rings. The van der Waals surface area contributed by atoms with Crippen molar-refractivity contribution in [1.82, 2.24) is 0 Å². The zero-order valence-corrected chi connectivity index (χ0v) is 14.1. The van der Waals surface area contributed by atoms with Crippen molar-refractivity contribution >= 4 is 23.0 Å². The molecule has 0 bridgehead atoms. The molecule has 2 aromatic rings. The van der Waals surface area contributed by atoms with Gasteiger partial charge < -0.3 is 9.80 Å². The molecule has 0 saturated carbocycles. The third-order valence-corrected chi connectivity index (χ3v) is 4.90. The summed E-state index contributed by atoms with van der Waals surface area (Å²) >= 11 is 5.97. The summed E-state index contributed by atoms with van der Waals surface area (Å²) in [5.41, 5.74) is 3.91. The summed E-state index contributed by atoms with van der Waals surface area (Å²) in [5.74, 6) is 0. The summed E-state index contributed by atoms with van der Waals surface area (Å²) in [5, 5.41) is 0.798. The lowest BCUT2D eigenvalue weighted by atomic mass is 10.0. The van der Waals surface area contributed by atoms with Gasteiger partial charge in [0.05, 0.1) is 0 Å². The van der Waals surface area contributed by atoms with Crippen LogP contribution in [0.1, 0.15) is 18.4 Å². The Hall–Kier alpha value is -1.67. The molecule has 116 valence electrons. The van der Waals surface area contributed by atoms with Crippen molar-refractivity contribution in [2.75, 3.05) is 29.9 Å². The molecule has 2 aromatic carbocycles. The molecule has 0 spiro atoms. The summed E-state index contributed by atoms with van der Waals surface area (Å²) in [4.78, 5) is 4.88. The van der Waals surface area contributed by atoms with E-state index in [0.717, 1.165) is 18.1 Å². The van der Waals surface area contributed by atoms with Gasteiger partial charge in [-0.2, -0.15) is 0 Å². The lowest BCUT2D eigenvalue weighted by Gasteiger charge is -2.39. The maximum atomic E-state index is 5.97. The van der Waals surface area contributed by atoms with Crippen LogP contribution in [0, 0.1) is 6.92 Å². The van der Waals surface area contributed by atoms with Crippen molar-refractivity contribution in [2.24, 2.45) is 0 Å². The number of halogens is 1. The summed E-state index contributed by atoms with van der Waals surface area (Å²) < 4.78 is 0. The van der Waals surface area contributed by atoms with Gasteiger partial charge in [-0.3, -0.25) is 0 Å². The largest absolute Gasteiger partial charge is 0.371 e. The van der Waals surface area contributed by atoms with Gasteiger partial charge in [0.25, 0.3) is 0 Å². The zero-order valence-electron chi connectivity index (χ0n) is 13.3. The number of aryl methyl sites for hydroxylation is 1. The number of nitrogens with zero attached hydrogens (tertiary/aromatic N) is 2. The van der Waals surface area contributed by atoms with Gasteiger partial charge in [0.1, 0.15) is 0 Å². The van der Waals surface area contributed by atoms with E-state index < -0.39 is 0 Å². The Morgan fingerprint density at radius 2 is 1.55 bits per heavy atom. The van der Waals surface area contributed by atoms with Gasteiger partial charge in [-0.05, 0) is 56.2 Å². The standard InChI is InChI=1S/C19H23ClN2/c1-15-3-7-19(8-4-15)22-13-11-18(12-14-22)21(2)17-9-5-16(20)6-10-17/h3-10,18H,11-14H2,1-2H3. The molecule has 1 saturated heterocycles. The highest BCUT2D eigenvalue weighted by Crippen LogP contribution is 2.26. The van der Waals surface area contributed by atoms with E-state index in [-0.39, 0.29) is 0 Å². The maximum absolute atomic E-state index is 5.97. The number of benzene rings is 2. The fraction of sp³-hybridized carbons (Fsp3) is 0.368. The van der Waals surface area contributed by atoms with Crippen molar-refractivity contribution < 1.29 is 0 Å². The average Bonchev–Trinajstić information content (AvgIpc) is 2.56. The summed E-state index contributed by atoms with van der Waals surface area (Å²) in [6.45, 7) is 4.37. The van der Waals surface area contributed by atoms with Gasteiger partial charge in [-0.15, -0.1) is 0 Å². The van der Waals surface area contributed by atoms with Gasteiger partial charge in [0.15, 0.2) is 0 Å². The molecule has 0 aromatic heterocycles. The van der Waals surface area contributed by atoms with E-state index in [9.17, 15) is 0 Å². The molecule has 0 unspecified atom stereocenters. The Morgan fingerprint density at radius 3 is 2.14 bits per heavy atom. The number of piperidine rings is 1. The van der Waals surface area contributed by atoms with E-state index >= 15 is 0 Å². The molecule has 3 rings (SSSR count). The Bertz CT molecular complexity index is 598. The van der Waals surface area contributed by atoms with E-state index in [1.54, 1.807) is 0 Å². The summed E-state index contributed by atoms with van der Waals surface area (Å²) in [6.07, 6.45) is 2.38. The first-order chi connectivity index (χ1) is 10.6. The van der Waals surface area contributed by atoms with Crippen molar-refractivity contribution in [3.63, 3.8) is 0 Å². The monoisotopic (exact) mass is 314 g/mol. The smallest absolute Gasteiger partial charge is 0.0407 e. The number of hydrogen-bond donors (Lipinski definition) is 0. The van der Waals surface area contributed by atoms with Crippen LogP contribution in [0.2, 0.25) is 5.02 Å². The zero-order chi connectivity index (χ0) is 15.5. The quantitative estimate of drug-likeness (QED) is 0.806. The highest BCUT2D eigenvalue weighted by molar-refractivity contribution is 6.30. The van der Waals surface area contributed by atoms with Crippen LogP contribution in [-0.4, -0.2) is 26.2 Å². The summed E-state index contributed by atoms with van der Waals surface area (Å²) in [6, 6.07) is 17.6. The second kappa shape index (κ2) is 6.62. The number of rotatable bonds is 3. The van der Waals surface area contributed by atoms with Crippen LogP contribution in [0.3, 0.4) is 0 Å². The number of hydrogen-bond acceptors (Lipinski definition) is 2. The lowest BCUT2D eigenvalue weighted by Crippen LogP contribution is -2.43. The van der Waals surface area contributed by atoms with Gasteiger partial charge in [0.2, 0.25) is 0 Å². The minimum Gasteiger partial charge on any atom is -0.371 e. The van der Waals surface area contributed by atoms with E-state index in [1.807, 2.05) is 12.1 Å². The molecular weight excluding hydrogens is 292 g/mol. The molecule has 1 aliphatic heterocycles. The van der Waals surface area contributed by atoms with E-state index in [0.29, 0.717) is 6.04 Å². The van der Waals surface area contributed by atoms with Crippen LogP contribution in [0.4, 0.5) is 11.4 Å². The van der Waals surface area contributed by atoms with Gasteiger partial charge in [-0.1, -0.05) is 29.3 Å². The molecule has 0 radical (unpaired) electrons. The van der Waals surface area contributed by atoms with Gasteiger partial charge in [0, 0.05) is 42.6 Å². The SMILES string of the molecule is Cc1ccc(N2CCC(N(C)c3ccc(Cl)cc3)CC2)cc1. The Morgan fingerprint density at radius 1 is 0.955 bits per heavy atom. The normalized spacial score (nSPS) is 15.9. The molecule has 3 heteroatoms. The average molecular weight is 315 g/mol. The first kappa shape index (κ1) is 15.2. The molecule has 0 aliphatic carbocycles. The van der Waals surface area contributed by atoms with E-state index in [1.165, 1.54) is 29.8 Å². The molecule has 0 amide bonds. The van der Waals surface area contributed by atoms with Gasteiger partial charge >= 0.3 is 0 Å². The van der Waals surface area contributed by atoms with Crippen LogP contribution >= 0.6 is 11.6 Å². The van der Waals surface area contributed by atoms with E-state index in [4.69, 9.17) is 11.6 Å². The Labute approximate surface area is 138 Å². The van der Waals surface area contributed by atoms with Crippen LogP contribution < -0.4 is 9.80 Å². The van der Waals surface area contributed by atoms with Crippen LogP contribution in [0.5, 0.6) is 0 Å². The van der Waals surface area contributed by atoms with Crippen LogP contribution in [0.25, 0.3) is 0 Å². The van der Waals surface area contributed by atoms with Crippen molar-refractivity contribution in [3.8, 4) is 0 Å². The third-order valence-electron chi connectivity index (χ3n) is 4.65. The predicted molar refractivity (Wildman–Crippen MR) is 96.3 cm³/mol. The molecular formula is C19H23ClN2. The van der Waals surface area contributed by atoms with Crippen LogP contribution in [-0.2, 0) is 0 Å². The first-order valence-electron chi connectivity index (χ1n) is 7.93. The highest BCUT2D eigenvalue weighted by atomic mass is 35.5. The molecule has 2 nitrogen and oxygen atoms in total. The van der Waals surface area contributed by atoms with Crippen LogP contribution in [0.15, 0.2) is 48.5 Å². The van der Waals surface area contributed by atoms with Gasteiger partial charge in [-0.25, -0.2) is 0 Å². The van der Waals surface area contributed by atoms with E-state index in [2.05, 4.69) is 60.2 Å². The molecule has 1 heterocycles. The Kier molecular flexibility index (Phi) is 4.58. The predicted octanol–water partition coefficient (Wildman–Crippen LogP) is 4.75. The fourth-order valence-corrected chi connectivity index (χ4v) is 3.28. The van der Waals surface area contributed by atoms with Crippen molar-refractivity contribution in [2.45, 2.75) is 25.8 Å². The highest BCUT2D eigenvalue weighted by Gasteiger charge is 2.22. The first-order valence-corrected chi connectivity index (χ1v) is 8.31. The minimum absolute atomic E-state index is 0.600. The molecule has 0 N–H and O–H groups in total. The van der Waals surface area contributed by atoms with Crippen molar-refractivity contribution in [3.05, 3.63) is 59.1 Å². The molecule has 22 heavy (non-hydrogen) atoms. The lowest BCUT2D eigenvalue weighted by molar-refractivity contribution is 0.482. The topological polar surface area (TPSA) is 6.48 Å². The minimum atomic E-state index is 0.600. The third kappa shape index (κ3) is 3.38. The number of anilines is 2. The fourth-order valence-electron chi connectivity index (χ4n) is 3.15. The molecule has 0 atom stereocenters. The van der Waals surface area contributed by atoms with Crippen molar-refractivity contribution in [1.29, 1.82) is 0 Å². The second-order valence-corrected chi connectivity index (χ2v) is 6.58. The molecule has 1 aliphatic rings. The summed E-state index contributed by atoms with van der Waals surface area (Å²) in [7, 11) is 2.19. The Balaban J connectivity index is 1.61. The second-order valence-electron chi connectivity index (χ2n) is 6.14.